The third-order valence-electron chi connectivity index (χ3n) is 3.33. The molecule has 2 rings (SSSR count). The van der Waals surface area contributed by atoms with E-state index in [4.69, 9.17) is 11.5 Å². The lowest BCUT2D eigenvalue weighted by Crippen LogP contribution is -2.38. The summed E-state index contributed by atoms with van der Waals surface area (Å²) in [5.41, 5.74) is 12.3. The molecular weight excluding hydrogens is 393 g/mol. The van der Waals surface area contributed by atoms with Crippen LogP contribution in [0.2, 0.25) is 0 Å². The molecule has 1 aromatic rings. The zero-order valence-electron chi connectivity index (χ0n) is 9.53. The lowest BCUT2D eigenvalue weighted by Gasteiger charge is -2.41. The second-order valence-electron chi connectivity index (χ2n) is 4.38. The van der Waals surface area contributed by atoms with Crippen molar-refractivity contribution >= 4 is 45.9 Å². The Bertz CT molecular complexity index is 395. The van der Waals surface area contributed by atoms with Gasteiger partial charge in [-0.2, -0.15) is 0 Å². The number of rotatable bonds is 3. The fourth-order valence-corrected chi connectivity index (χ4v) is 2.45. The Balaban J connectivity index is 0.00000144. The summed E-state index contributed by atoms with van der Waals surface area (Å²) in [7, 11) is 0. The molecule has 0 spiro atoms. The molecule has 1 fully saturated rings. The van der Waals surface area contributed by atoms with Crippen LogP contribution in [-0.2, 0) is 5.41 Å². The van der Waals surface area contributed by atoms with E-state index in [1.165, 1.54) is 24.8 Å². The van der Waals surface area contributed by atoms with E-state index in [0.29, 0.717) is 6.54 Å². The van der Waals surface area contributed by atoms with Crippen molar-refractivity contribution in [1.29, 1.82) is 0 Å². The number of guanidine groups is 1. The second-order valence-corrected chi connectivity index (χ2v) is 5.30. The maximum Gasteiger partial charge on any atom is 0.185 e. The molecule has 3 nitrogen and oxygen atoms in total. The first-order valence-electron chi connectivity index (χ1n) is 5.44. The molecule has 1 aromatic carbocycles. The second kappa shape index (κ2) is 6.04. The molecule has 0 heterocycles. The largest absolute Gasteiger partial charge is 0.370 e. The average molecular weight is 410 g/mol. The van der Waals surface area contributed by atoms with Crippen LogP contribution >= 0.6 is 39.9 Å². The van der Waals surface area contributed by atoms with Gasteiger partial charge in [-0.15, -0.1) is 24.0 Å². The summed E-state index contributed by atoms with van der Waals surface area (Å²) in [5, 5.41) is 0. The summed E-state index contributed by atoms with van der Waals surface area (Å²) in [6, 6.07) is 8.47. The topological polar surface area (TPSA) is 64.4 Å². The van der Waals surface area contributed by atoms with Crippen molar-refractivity contribution in [2.75, 3.05) is 6.54 Å². The summed E-state index contributed by atoms with van der Waals surface area (Å²) in [4.78, 5) is 4.18. The monoisotopic (exact) mass is 409 g/mol. The highest BCUT2D eigenvalue weighted by Crippen LogP contribution is 2.44. The normalized spacial score (nSPS) is 16.5. The number of nitrogens with two attached hydrogens (primary N) is 2. The minimum Gasteiger partial charge on any atom is -0.370 e. The van der Waals surface area contributed by atoms with Crippen molar-refractivity contribution in [2.24, 2.45) is 16.5 Å². The molecule has 0 atom stereocenters. The van der Waals surface area contributed by atoms with Gasteiger partial charge in [0.15, 0.2) is 5.96 Å². The fourth-order valence-electron chi connectivity index (χ4n) is 2.19. The Labute approximate surface area is 127 Å². The number of aliphatic imine (C=N–C) groups is 1. The van der Waals surface area contributed by atoms with Crippen LogP contribution in [0.3, 0.4) is 0 Å². The maximum absolute atomic E-state index is 5.40. The number of hydrogen-bond donors (Lipinski definition) is 2. The van der Waals surface area contributed by atoms with Crippen LogP contribution in [0.15, 0.2) is 33.7 Å². The molecule has 4 N–H and O–H groups in total. The van der Waals surface area contributed by atoms with Crippen LogP contribution in [0.5, 0.6) is 0 Å². The predicted molar refractivity (Wildman–Crippen MR) is 85.8 cm³/mol. The number of nitrogens with zero attached hydrogens (tertiary/aromatic N) is 1. The molecule has 1 saturated carbocycles. The zero-order valence-corrected chi connectivity index (χ0v) is 13.4. The molecular formula is C12H17BrIN3. The minimum atomic E-state index is 0. The van der Waals surface area contributed by atoms with Crippen molar-refractivity contribution in [3.05, 3.63) is 34.3 Å². The lowest BCUT2D eigenvalue weighted by molar-refractivity contribution is 0.253. The first-order chi connectivity index (χ1) is 7.62. The Kier molecular flexibility index (Phi) is 5.24. The van der Waals surface area contributed by atoms with Crippen LogP contribution in [0, 0.1) is 0 Å². The van der Waals surface area contributed by atoms with E-state index < -0.39 is 0 Å². The Hall–Kier alpha value is -0.300. The van der Waals surface area contributed by atoms with E-state index in [1.807, 2.05) is 0 Å². The van der Waals surface area contributed by atoms with E-state index >= 15 is 0 Å². The van der Waals surface area contributed by atoms with Crippen LogP contribution in [-0.4, -0.2) is 12.5 Å². The minimum absolute atomic E-state index is 0. The van der Waals surface area contributed by atoms with Gasteiger partial charge >= 0.3 is 0 Å². The molecule has 94 valence electrons. The molecule has 0 radical (unpaired) electrons. The van der Waals surface area contributed by atoms with Gasteiger partial charge in [-0.3, -0.25) is 4.99 Å². The summed E-state index contributed by atoms with van der Waals surface area (Å²) >= 11 is 3.45. The summed E-state index contributed by atoms with van der Waals surface area (Å²) in [6.45, 7) is 0.705. The average Bonchev–Trinajstić information content (AvgIpc) is 2.18. The van der Waals surface area contributed by atoms with Gasteiger partial charge in [0.2, 0.25) is 0 Å². The molecule has 0 unspecified atom stereocenters. The number of benzene rings is 1. The van der Waals surface area contributed by atoms with Crippen LogP contribution < -0.4 is 11.5 Å². The molecule has 0 saturated heterocycles. The smallest absolute Gasteiger partial charge is 0.185 e. The first-order valence-corrected chi connectivity index (χ1v) is 6.23. The predicted octanol–water partition coefficient (Wildman–Crippen LogP) is 2.76. The van der Waals surface area contributed by atoms with Gasteiger partial charge < -0.3 is 11.5 Å². The van der Waals surface area contributed by atoms with Gasteiger partial charge in [0.25, 0.3) is 0 Å². The molecule has 0 aromatic heterocycles. The van der Waals surface area contributed by atoms with Crippen molar-refractivity contribution in [3.63, 3.8) is 0 Å². The molecule has 5 heteroatoms. The van der Waals surface area contributed by atoms with Crippen LogP contribution in [0.4, 0.5) is 0 Å². The Morgan fingerprint density at radius 3 is 2.24 bits per heavy atom. The highest BCUT2D eigenvalue weighted by molar-refractivity contribution is 14.0. The van der Waals surface area contributed by atoms with Crippen molar-refractivity contribution in [3.8, 4) is 0 Å². The molecule has 0 bridgehead atoms. The number of hydrogen-bond acceptors (Lipinski definition) is 1. The summed E-state index contributed by atoms with van der Waals surface area (Å²) in [6.07, 6.45) is 3.60. The highest BCUT2D eigenvalue weighted by Gasteiger charge is 2.38. The molecule has 17 heavy (non-hydrogen) atoms. The van der Waals surface area contributed by atoms with Crippen molar-refractivity contribution < 1.29 is 0 Å². The van der Waals surface area contributed by atoms with E-state index in [1.54, 1.807) is 0 Å². The number of halogens is 2. The molecule has 1 aliphatic rings. The van der Waals surface area contributed by atoms with E-state index in [2.05, 4.69) is 45.2 Å². The van der Waals surface area contributed by atoms with Gasteiger partial charge in [-0.1, -0.05) is 34.5 Å². The van der Waals surface area contributed by atoms with Gasteiger partial charge in [0.05, 0.1) is 6.54 Å². The molecule has 0 amide bonds. The zero-order chi connectivity index (χ0) is 11.6. The molecule has 0 aliphatic heterocycles. The third kappa shape index (κ3) is 3.34. The quantitative estimate of drug-likeness (QED) is 0.458. The van der Waals surface area contributed by atoms with Crippen LogP contribution in [0.1, 0.15) is 24.8 Å². The molecule has 1 aliphatic carbocycles. The van der Waals surface area contributed by atoms with E-state index in [9.17, 15) is 0 Å². The standard InChI is InChI=1S/C12H16BrN3.HI/c13-10-4-2-9(3-5-10)12(6-1-7-12)8-16-11(14)15;/h2-5H,1,6-8H2,(H4,14,15,16);1H. The fraction of sp³-hybridized carbons (Fsp3) is 0.417. The van der Waals surface area contributed by atoms with Crippen LogP contribution in [0.25, 0.3) is 0 Å². The Morgan fingerprint density at radius 1 is 1.24 bits per heavy atom. The highest BCUT2D eigenvalue weighted by atomic mass is 127. The first kappa shape index (κ1) is 14.8. The van der Waals surface area contributed by atoms with Gasteiger partial charge in [0.1, 0.15) is 0 Å². The third-order valence-corrected chi connectivity index (χ3v) is 3.86. The SMILES string of the molecule is I.NC(N)=NCC1(c2ccc(Br)cc2)CCC1. The van der Waals surface area contributed by atoms with Crippen molar-refractivity contribution in [2.45, 2.75) is 24.7 Å². The van der Waals surface area contributed by atoms with Gasteiger partial charge in [-0.05, 0) is 30.5 Å². The van der Waals surface area contributed by atoms with E-state index in [-0.39, 0.29) is 35.4 Å². The van der Waals surface area contributed by atoms with Gasteiger partial charge in [-0.25, -0.2) is 0 Å². The van der Waals surface area contributed by atoms with Crippen molar-refractivity contribution in [1.82, 2.24) is 0 Å². The lowest BCUT2D eigenvalue weighted by atomic mass is 9.64. The Morgan fingerprint density at radius 2 is 1.82 bits per heavy atom. The van der Waals surface area contributed by atoms with Gasteiger partial charge in [0, 0.05) is 9.89 Å². The summed E-state index contributed by atoms with van der Waals surface area (Å²) < 4.78 is 1.10. The maximum atomic E-state index is 5.40. The van der Waals surface area contributed by atoms with E-state index in [0.717, 1.165) is 4.47 Å². The summed E-state index contributed by atoms with van der Waals surface area (Å²) in [5.74, 6) is 0.184.